The molecule has 4 rings (SSSR count). The van der Waals surface area contributed by atoms with Crippen LogP contribution < -0.4 is 15.4 Å². The molecule has 2 N–H and O–H groups in total. The van der Waals surface area contributed by atoms with Gasteiger partial charge < -0.3 is 29.4 Å². The second-order valence-electron chi connectivity index (χ2n) is 10.8. The normalized spacial score (nSPS) is 21.1. The molecule has 1 aromatic carbocycles. The average Bonchev–Trinajstić information content (AvgIpc) is 3.58. The number of hydrogen-bond acceptors (Lipinski definition) is 7. The zero-order valence-electron chi connectivity index (χ0n) is 21.8. The molecule has 2 fully saturated rings. The maximum absolute atomic E-state index is 13.5. The van der Waals surface area contributed by atoms with E-state index in [1.54, 1.807) is 13.0 Å². The van der Waals surface area contributed by atoms with Gasteiger partial charge in [0.15, 0.2) is 11.5 Å². The van der Waals surface area contributed by atoms with Gasteiger partial charge in [0.25, 0.3) is 0 Å². The number of nitrogens with zero attached hydrogens (tertiary/aromatic N) is 1. The Morgan fingerprint density at radius 1 is 1.16 bits per heavy atom. The van der Waals surface area contributed by atoms with Gasteiger partial charge in [-0.25, -0.2) is 4.79 Å². The monoisotopic (exact) mass is 511 g/mol. The summed E-state index contributed by atoms with van der Waals surface area (Å²) in [6.45, 7) is 8.28. The molecule has 37 heavy (non-hydrogen) atoms. The van der Waals surface area contributed by atoms with Gasteiger partial charge in [0.05, 0.1) is 12.4 Å². The number of carbonyl (C=O) groups is 3. The number of rotatable bonds is 10. The summed E-state index contributed by atoms with van der Waals surface area (Å²) >= 11 is 0. The first-order chi connectivity index (χ1) is 17.7. The van der Waals surface area contributed by atoms with Gasteiger partial charge in [0, 0.05) is 12.6 Å². The smallest absolute Gasteiger partial charge is 0.413 e. The second kappa shape index (κ2) is 11.9. The number of aryl methyl sites for hydroxylation is 1. The summed E-state index contributed by atoms with van der Waals surface area (Å²) in [6, 6.07) is 9.87. The number of benzene rings is 1. The van der Waals surface area contributed by atoms with Crippen molar-refractivity contribution in [3.8, 4) is 5.75 Å². The Labute approximate surface area is 217 Å². The van der Waals surface area contributed by atoms with Crippen LogP contribution in [0, 0.1) is 12.3 Å². The quantitative estimate of drug-likeness (QED) is 0.504. The van der Waals surface area contributed by atoms with E-state index in [9.17, 15) is 14.4 Å². The predicted octanol–water partition coefficient (Wildman–Crippen LogP) is 3.25. The fourth-order valence-electron chi connectivity index (χ4n) is 5.12. The number of Topliss-reactive ketones (excluding diaryl/α,β-unsaturated/α-hetero) is 1. The summed E-state index contributed by atoms with van der Waals surface area (Å²) in [5.74, 6) is 0.151. The Morgan fingerprint density at radius 2 is 1.89 bits per heavy atom. The van der Waals surface area contributed by atoms with E-state index >= 15 is 0 Å². The molecule has 2 unspecified atom stereocenters. The van der Waals surface area contributed by atoms with Crippen LogP contribution in [0.4, 0.5) is 4.79 Å². The minimum Gasteiger partial charge on any atom is -0.466 e. The molecule has 0 bridgehead atoms. The van der Waals surface area contributed by atoms with Crippen LogP contribution >= 0.6 is 0 Å². The number of ketones is 1. The van der Waals surface area contributed by atoms with Crippen molar-refractivity contribution < 1.29 is 28.3 Å². The number of furan rings is 1. The fourth-order valence-corrected chi connectivity index (χ4v) is 5.12. The lowest BCUT2D eigenvalue weighted by Crippen LogP contribution is -2.56. The van der Waals surface area contributed by atoms with E-state index in [1.165, 1.54) is 6.26 Å². The van der Waals surface area contributed by atoms with E-state index in [0.717, 1.165) is 31.5 Å². The molecule has 2 aliphatic rings. The zero-order valence-corrected chi connectivity index (χ0v) is 21.8. The summed E-state index contributed by atoms with van der Waals surface area (Å²) in [5, 5.41) is 5.61. The zero-order chi connectivity index (χ0) is 26.4. The molecule has 2 aliphatic heterocycles. The molecule has 0 aliphatic carbocycles. The van der Waals surface area contributed by atoms with Crippen molar-refractivity contribution in [1.82, 2.24) is 15.5 Å². The molecule has 2 aromatic rings. The number of carbonyl (C=O) groups excluding carboxylic acids is 3. The number of ether oxygens (including phenoxy) is 2. The third kappa shape index (κ3) is 7.42. The van der Waals surface area contributed by atoms with Crippen LogP contribution in [0.25, 0.3) is 0 Å². The lowest BCUT2D eigenvalue weighted by molar-refractivity contribution is -0.128. The van der Waals surface area contributed by atoms with Gasteiger partial charge in [-0.15, -0.1) is 0 Å². The molecule has 0 saturated carbocycles. The van der Waals surface area contributed by atoms with Gasteiger partial charge in [0.2, 0.25) is 5.91 Å². The molecule has 0 radical (unpaired) electrons. The Morgan fingerprint density at radius 3 is 2.57 bits per heavy atom. The first-order valence-corrected chi connectivity index (χ1v) is 12.9. The number of hydrogen-bond donors (Lipinski definition) is 2. The maximum Gasteiger partial charge on any atom is 0.413 e. The van der Waals surface area contributed by atoms with Gasteiger partial charge in [0.1, 0.15) is 24.5 Å². The van der Waals surface area contributed by atoms with Crippen LogP contribution in [-0.4, -0.2) is 67.1 Å². The van der Waals surface area contributed by atoms with Crippen LogP contribution in [-0.2, 0) is 20.7 Å². The lowest BCUT2D eigenvalue weighted by atomic mass is 9.80. The molecular weight excluding hydrogens is 474 g/mol. The van der Waals surface area contributed by atoms with E-state index in [1.807, 2.05) is 44.2 Å². The molecule has 1 aromatic heterocycles. The van der Waals surface area contributed by atoms with Gasteiger partial charge >= 0.3 is 6.09 Å². The minimum absolute atomic E-state index is 0.0249. The first-order valence-electron chi connectivity index (χ1n) is 12.9. The minimum atomic E-state index is -0.917. The third-order valence-electron chi connectivity index (χ3n) is 7.00. The molecule has 2 saturated heterocycles. The average molecular weight is 512 g/mol. The van der Waals surface area contributed by atoms with Gasteiger partial charge in [-0.05, 0) is 56.7 Å². The van der Waals surface area contributed by atoms with Crippen LogP contribution in [0.3, 0.4) is 0 Å². The van der Waals surface area contributed by atoms with Crippen LogP contribution in [0.2, 0.25) is 0 Å². The summed E-state index contributed by atoms with van der Waals surface area (Å²) in [7, 11) is 0. The maximum atomic E-state index is 13.5. The topological polar surface area (TPSA) is 110 Å². The summed E-state index contributed by atoms with van der Waals surface area (Å²) in [6.07, 6.45) is 3.55. The number of likely N-dealkylation sites (tertiary alicyclic amines) is 1. The molecular formula is C28H37N3O6. The van der Waals surface area contributed by atoms with Gasteiger partial charge in [-0.3, -0.25) is 9.59 Å². The molecule has 0 spiro atoms. The van der Waals surface area contributed by atoms with E-state index in [-0.39, 0.29) is 23.6 Å². The Balaban J connectivity index is 1.46. The van der Waals surface area contributed by atoms with Crippen molar-refractivity contribution in [2.75, 3.05) is 26.2 Å². The Hall–Kier alpha value is -3.17. The molecule has 9 heteroatoms. The first kappa shape index (κ1) is 26.9. The SMILES string of the molecule is Cc1occc1OC(=O)N[C@@H](CC(C)(C)Cc1ccccc1)C(=O)NC1C(=O)COC1CN1CCCC1. The Bertz CT molecular complexity index is 1080. The van der Waals surface area contributed by atoms with E-state index < -0.39 is 30.2 Å². The van der Waals surface area contributed by atoms with Crippen molar-refractivity contribution in [2.45, 2.75) is 64.6 Å². The molecule has 3 heterocycles. The van der Waals surface area contributed by atoms with Crippen molar-refractivity contribution in [2.24, 2.45) is 5.41 Å². The highest BCUT2D eigenvalue weighted by Crippen LogP contribution is 2.28. The van der Waals surface area contributed by atoms with E-state index in [0.29, 0.717) is 25.1 Å². The standard InChI is InChI=1S/C28H37N3O6/c1-19-23(11-14-35-19)37-27(34)29-21(16-28(2,3)15-20-9-5-4-6-10-20)26(33)30-25-22(32)18-36-24(25)17-31-12-7-8-13-31/h4-6,9-11,14,21,24-25H,7-8,12-13,15-18H2,1-3H3,(H,29,34)(H,30,33)/t21-,24?,25?/m0/s1. The Kier molecular flexibility index (Phi) is 8.66. The van der Waals surface area contributed by atoms with E-state index in [4.69, 9.17) is 13.9 Å². The highest BCUT2D eigenvalue weighted by atomic mass is 16.6. The second-order valence-corrected chi connectivity index (χ2v) is 10.8. The van der Waals surface area contributed by atoms with Gasteiger partial charge in [-0.1, -0.05) is 44.2 Å². The van der Waals surface area contributed by atoms with Crippen LogP contribution in [0.15, 0.2) is 47.1 Å². The third-order valence-corrected chi connectivity index (χ3v) is 7.00. The summed E-state index contributed by atoms with van der Waals surface area (Å²) in [4.78, 5) is 41.2. The van der Waals surface area contributed by atoms with Crippen LogP contribution in [0.5, 0.6) is 5.75 Å². The molecule has 2 amide bonds. The number of amides is 2. The van der Waals surface area contributed by atoms with Crippen molar-refractivity contribution >= 4 is 17.8 Å². The fraction of sp³-hybridized carbons (Fsp3) is 0.536. The van der Waals surface area contributed by atoms with Crippen molar-refractivity contribution in [3.05, 3.63) is 54.0 Å². The predicted molar refractivity (Wildman–Crippen MR) is 137 cm³/mol. The summed E-state index contributed by atoms with van der Waals surface area (Å²) in [5.41, 5.74) is 0.793. The lowest BCUT2D eigenvalue weighted by Gasteiger charge is -2.31. The van der Waals surface area contributed by atoms with Gasteiger partial charge in [-0.2, -0.15) is 0 Å². The molecule has 3 atom stereocenters. The highest BCUT2D eigenvalue weighted by Gasteiger charge is 2.40. The highest BCUT2D eigenvalue weighted by molar-refractivity contribution is 5.94. The van der Waals surface area contributed by atoms with Crippen molar-refractivity contribution in [3.63, 3.8) is 0 Å². The number of nitrogens with one attached hydrogen (secondary N) is 2. The molecule has 200 valence electrons. The van der Waals surface area contributed by atoms with Crippen molar-refractivity contribution in [1.29, 1.82) is 0 Å². The van der Waals surface area contributed by atoms with Crippen LogP contribution in [0.1, 0.15) is 44.4 Å². The summed E-state index contributed by atoms with van der Waals surface area (Å²) < 4.78 is 16.3. The van der Waals surface area contributed by atoms with E-state index in [2.05, 4.69) is 15.5 Å². The molecule has 9 nitrogen and oxygen atoms in total. The largest absolute Gasteiger partial charge is 0.466 e.